The SMILES string of the molecule is Cc1cc(F)ccc1CCNCCc1ccccn1. The fourth-order valence-corrected chi connectivity index (χ4v) is 2.05. The molecule has 0 unspecified atom stereocenters. The van der Waals surface area contributed by atoms with Gasteiger partial charge >= 0.3 is 0 Å². The molecule has 0 amide bonds. The number of nitrogens with zero attached hydrogens (tertiary/aromatic N) is 1. The number of aryl methyl sites for hydroxylation is 1. The van der Waals surface area contributed by atoms with Crippen molar-refractivity contribution in [1.82, 2.24) is 10.3 Å². The third-order valence-corrected chi connectivity index (χ3v) is 3.16. The van der Waals surface area contributed by atoms with Gasteiger partial charge < -0.3 is 5.32 Å². The van der Waals surface area contributed by atoms with E-state index in [-0.39, 0.29) is 5.82 Å². The highest BCUT2D eigenvalue weighted by molar-refractivity contribution is 5.26. The van der Waals surface area contributed by atoms with E-state index in [0.717, 1.165) is 37.2 Å². The molecule has 0 atom stereocenters. The number of hydrogen-bond acceptors (Lipinski definition) is 2. The molecule has 2 aromatic rings. The molecule has 19 heavy (non-hydrogen) atoms. The molecule has 0 radical (unpaired) electrons. The lowest BCUT2D eigenvalue weighted by molar-refractivity contribution is 0.624. The van der Waals surface area contributed by atoms with E-state index >= 15 is 0 Å². The number of nitrogens with one attached hydrogen (secondary N) is 1. The Bertz CT molecular complexity index is 511. The van der Waals surface area contributed by atoms with Crippen LogP contribution in [0, 0.1) is 12.7 Å². The fourth-order valence-electron chi connectivity index (χ4n) is 2.05. The summed E-state index contributed by atoms with van der Waals surface area (Å²) in [5.41, 5.74) is 3.33. The highest BCUT2D eigenvalue weighted by Crippen LogP contribution is 2.10. The predicted molar refractivity (Wildman–Crippen MR) is 75.7 cm³/mol. The van der Waals surface area contributed by atoms with Gasteiger partial charge in [0.15, 0.2) is 0 Å². The van der Waals surface area contributed by atoms with E-state index in [9.17, 15) is 4.39 Å². The van der Waals surface area contributed by atoms with Gasteiger partial charge in [-0.2, -0.15) is 0 Å². The monoisotopic (exact) mass is 258 g/mol. The molecule has 0 aliphatic heterocycles. The number of rotatable bonds is 6. The number of hydrogen-bond donors (Lipinski definition) is 1. The Morgan fingerprint density at radius 2 is 1.95 bits per heavy atom. The minimum absolute atomic E-state index is 0.163. The van der Waals surface area contributed by atoms with Crippen LogP contribution < -0.4 is 5.32 Å². The van der Waals surface area contributed by atoms with Crippen LogP contribution in [0.5, 0.6) is 0 Å². The fraction of sp³-hybridized carbons (Fsp3) is 0.312. The molecule has 0 spiro atoms. The maximum atomic E-state index is 13.0. The molecule has 2 rings (SSSR count). The van der Waals surface area contributed by atoms with Gasteiger partial charge in [0.2, 0.25) is 0 Å². The first-order valence-corrected chi connectivity index (χ1v) is 6.61. The normalized spacial score (nSPS) is 10.6. The van der Waals surface area contributed by atoms with E-state index in [2.05, 4.69) is 10.3 Å². The minimum atomic E-state index is -0.163. The Morgan fingerprint density at radius 3 is 2.68 bits per heavy atom. The second-order valence-electron chi connectivity index (χ2n) is 4.64. The van der Waals surface area contributed by atoms with Crippen molar-refractivity contribution in [3.8, 4) is 0 Å². The van der Waals surface area contributed by atoms with Crippen molar-refractivity contribution < 1.29 is 4.39 Å². The van der Waals surface area contributed by atoms with Crippen molar-refractivity contribution in [2.45, 2.75) is 19.8 Å². The Balaban J connectivity index is 1.69. The van der Waals surface area contributed by atoms with E-state index in [1.807, 2.05) is 37.4 Å². The summed E-state index contributed by atoms with van der Waals surface area (Å²) in [6.07, 6.45) is 3.68. The third-order valence-electron chi connectivity index (χ3n) is 3.16. The van der Waals surface area contributed by atoms with Crippen molar-refractivity contribution in [2.75, 3.05) is 13.1 Å². The number of aromatic nitrogens is 1. The molecule has 0 saturated carbocycles. The summed E-state index contributed by atoms with van der Waals surface area (Å²) >= 11 is 0. The molecule has 3 heteroatoms. The molecule has 0 aliphatic carbocycles. The van der Waals surface area contributed by atoms with Gasteiger partial charge in [-0.05, 0) is 55.3 Å². The zero-order valence-corrected chi connectivity index (χ0v) is 11.2. The van der Waals surface area contributed by atoms with Gasteiger partial charge in [-0.15, -0.1) is 0 Å². The quantitative estimate of drug-likeness (QED) is 0.806. The highest BCUT2D eigenvalue weighted by Gasteiger charge is 2.00. The molecule has 100 valence electrons. The predicted octanol–water partition coefficient (Wildman–Crippen LogP) is 2.90. The van der Waals surface area contributed by atoms with Crippen LogP contribution in [0.25, 0.3) is 0 Å². The van der Waals surface area contributed by atoms with Crippen LogP contribution in [-0.4, -0.2) is 18.1 Å². The third kappa shape index (κ3) is 4.45. The Labute approximate surface area is 113 Å². The van der Waals surface area contributed by atoms with Crippen LogP contribution in [-0.2, 0) is 12.8 Å². The summed E-state index contributed by atoms with van der Waals surface area (Å²) in [7, 11) is 0. The molecule has 0 aliphatic rings. The van der Waals surface area contributed by atoms with E-state index < -0.39 is 0 Å². The van der Waals surface area contributed by atoms with Crippen LogP contribution in [0.15, 0.2) is 42.6 Å². The first-order valence-electron chi connectivity index (χ1n) is 6.61. The number of halogens is 1. The molecule has 1 aromatic heterocycles. The van der Waals surface area contributed by atoms with E-state index in [4.69, 9.17) is 0 Å². The number of benzene rings is 1. The molecular formula is C16H19FN2. The Kier molecular flexibility index (Phi) is 5.04. The first-order chi connectivity index (χ1) is 9.25. The van der Waals surface area contributed by atoms with Gasteiger partial charge in [0, 0.05) is 24.9 Å². The smallest absolute Gasteiger partial charge is 0.123 e. The van der Waals surface area contributed by atoms with Crippen LogP contribution in [0.3, 0.4) is 0 Å². The van der Waals surface area contributed by atoms with Crippen LogP contribution in [0.4, 0.5) is 4.39 Å². The molecule has 0 saturated heterocycles. The van der Waals surface area contributed by atoms with Crippen LogP contribution in [0.1, 0.15) is 16.8 Å². The van der Waals surface area contributed by atoms with Gasteiger partial charge in [-0.25, -0.2) is 4.39 Å². The second-order valence-corrected chi connectivity index (χ2v) is 4.64. The molecule has 0 fully saturated rings. The van der Waals surface area contributed by atoms with Crippen molar-refractivity contribution in [3.63, 3.8) is 0 Å². The minimum Gasteiger partial charge on any atom is -0.316 e. The van der Waals surface area contributed by atoms with Gasteiger partial charge in [0.25, 0.3) is 0 Å². The molecule has 2 nitrogen and oxygen atoms in total. The van der Waals surface area contributed by atoms with Crippen molar-refractivity contribution >= 4 is 0 Å². The summed E-state index contributed by atoms with van der Waals surface area (Å²) in [4.78, 5) is 4.28. The molecule has 1 heterocycles. The van der Waals surface area contributed by atoms with E-state index in [1.165, 1.54) is 11.6 Å². The maximum absolute atomic E-state index is 13.0. The Hall–Kier alpha value is -1.74. The molecule has 1 aromatic carbocycles. The average Bonchev–Trinajstić information content (AvgIpc) is 2.42. The average molecular weight is 258 g/mol. The van der Waals surface area contributed by atoms with Crippen LogP contribution >= 0.6 is 0 Å². The lowest BCUT2D eigenvalue weighted by Gasteiger charge is -2.07. The molecular weight excluding hydrogens is 239 g/mol. The highest BCUT2D eigenvalue weighted by atomic mass is 19.1. The van der Waals surface area contributed by atoms with Gasteiger partial charge in [-0.3, -0.25) is 4.98 Å². The summed E-state index contributed by atoms with van der Waals surface area (Å²) < 4.78 is 13.0. The standard InChI is InChI=1S/C16H19FN2/c1-13-12-15(17)6-5-14(13)7-10-18-11-8-16-4-2-3-9-19-16/h2-6,9,12,18H,7-8,10-11H2,1H3. The summed E-state index contributed by atoms with van der Waals surface area (Å²) in [6, 6.07) is 10.9. The van der Waals surface area contributed by atoms with Gasteiger partial charge in [0.05, 0.1) is 0 Å². The maximum Gasteiger partial charge on any atom is 0.123 e. The summed E-state index contributed by atoms with van der Waals surface area (Å²) in [5, 5.41) is 3.39. The lowest BCUT2D eigenvalue weighted by atomic mass is 10.1. The van der Waals surface area contributed by atoms with Gasteiger partial charge in [0.1, 0.15) is 5.82 Å². The number of pyridine rings is 1. The summed E-state index contributed by atoms with van der Waals surface area (Å²) in [5.74, 6) is -0.163. The van der Waals surface area contributed by atoms with E-state index in [0.29, 0.717) is 0 Å². The molecule has 1 N–H and O–H groups in total. The van der Waals surface area contributed by atoms with Gasteiger partial charge in [-0.1, -0.05) is 12.1 Å². The van der Waals surface area contributed by atoms with E-state index in [1.54, 1.807) is 6.07 Å². The van der Waals surface area contributed by atoms with Crippen LogP contribution in [0.2, 0.25) is 0 Å². The van der Waals surface area contributed by atoms with Crippen molar-refractivity contribution in [1.29, 1.82) is 0 Å². The second kappa shape index (κ2) is 7.00. The Morgan fingerprint density at radius 1 is 1.11 bits per heavy atom. The first kappa shape index (κ1) is 13.7. The van der Waals surface area contributed by atoms with Crippen molar-refractivity contribution in [3.05, 3.63) is 65.2 Å². The molecule has 0 bridgehead atoms. The summed E-state index contributed by atoms with van der Waals surface area (Å²) in [6.45, 7) is 3.77. The van der Waals surface area contributed by atoms with Crippen molar-refractivity contribution in [2.24, 2.45) is 0 Å². The zero-order chi connectivity index (χ0) is 13.5. The topological polar surface area (TPSA) is 24.9 Å². The lowest BCUT2D eigenvalue weighted by Crippen LogP contribution is -2.20. The zero-order valence-electron chi connectivity index (χ0n) is 11.2. The largest absolute Gasteiger partial charge is 0.316 e.